The van der Waals surface area contributed by atoms with Gasteiger partial charge in [0.25, 0.3) is 0 Å². The fraction of sp³-hybridized carbons (Fsp3) is 0.375. The standard InChI is InChI=1S/C16H17BrO/c1-11-2-7-16-13(8-11)10-15(18-16)9-12-3-5-14(17)6-4-12/h3-6,10-11H,2,7-9H2,1H3. The summed E-state index contributed by atoms with van der Waals surface area (Å²) in [6, 6.07) is 10.7. The van der Waals surface area contributed by atoms with E-state index in [4.69, 9.17) is 4.42 Å². The van der Waals surface area contributed by atoms with Gasteiger partial charge in [-0.3, -0.25) is 0 Å². The van der Waals surface area contributed by atoms with Crippen molar-refractivity contribution in [1.29, 1.82) is 0 Å². The molecule has 0 saturated heterocycles. The molecule has 2 aromatic rings. The minimum atomic E-state index is 0.802. The summed E-state index contributed by atoms with van der Waals surface area (Å²) in [5, 5.41) is 0. The zero-order valence-corrected chi connectivity index (χ0v) is 12.2. The molecule has 2 heteroatoms. The van der Waals surface area contributed by atoms with E-state index < -0.39 is 0 Å². The molecule has 0 radical (unpaired) electrons. The third kappa shape index (κ3) is 2.54. The lowest BCUT2D eigenvalue weighted by atomic mass is 9.89. The summed E-state index contributed by atoms with van der Waals surface area (Å²) >= 11 is 3.46. The van der Waals surface area contributed by atoms with Crippen LogP contribution in [0.2, 0.25) is 0 Å². The van der Waals surface area contributed by atoms with Crippen molar-refractivity contribution in [1.82, 2.24) is 0 Å². The van der Waals surface area contributed by atoms with Crippen LogP contribution in [0.15, 0.2) is 39.2 Å². The Kier molecular flexibility index (Phi) is 3.29. The molecule has 0 saturated carbocycles. The topological polar surface area (TPSA) is 13.1 Å². The van der Waals surface area contributed by atoms with Gasteiger partial charge in [-0.05, 0) is 48.1 Å². The van der Waals surface area contributed by atoms with Gasteiger partial charge in [0.15, 0.2) is 0 Å². The van der Waals surface area contributed by atoms with Gasteiger partial charge in [0, 0.05) is 17.3 Å². The van der Waals surface area contributed by atoms with E-state index in [1.807, 2.05) is 0 Å². The molecule has 1 aromatic carbocycles. The zero-order valence-electron chi connectivity index (χ0n) is 10.6. The fourth-order valence-corrected chi connectivity index (χ4v) is 2.92. The summed E-state index contributed by atoms with van der Waals surface area (Å²) in [7, 11) is 0. The molecular weight excluding hydrogens is 288 g/mol. The van der Waals surface area contributed by atoms with Crippen LogP contribution in [0.4, 0.5) is 0 Å². The Morgan fingerprint density at radius 1 is 1.28 bits per heavy atom. The number of furan rings is 1. The van der Waals surface area contributed by atoms with E-state index in [1.165, 1.54) is 29.7 Å². The molecule has 0 N–H and O–H groups in total. The molecule has 0 aliphatic heterocycles. The van der Waals surface area contributed by atoms with Gasteiger partial charge in [0.05, 0.1) is 0 Å². The number of hydrogen-bond donors (Lipinski definition) is 0. The highest BCUT2D eigenvalue weighted by Gasteiger charge is 2.19. The maximum atomic E-state index is 5.98. The van der Waals surface area contributed by atoms with Crippen molar-refractivity contribution in [2.75, 3.05) is 0 Å². The first-order chi connectivity index (χ1) is 8.70. The molecule has 0 spiro atoms. The van der Waals surface area contributed by atoms with Crippen molar-refractivity contribution < 1.29 is 4.42 Å². The van der Waals surface area contributed by atoms with Crippen LogP contribution in [0.3, 0.4) is 0 Å². The molecule has 18 heavy (non-hydrogen) atoms. The largest absolute Gasteiger partial charge is 0.465 e. The minimum Gasteiger partial charge on any atom is -0.465 e. The van der Waals surface area contributed by atoms with Gasteiger partial charge in [-0.2, -0.15) is 0 Å². The molecule has 1 aliphatic rings. The van der Waals surface area contributed by atoms with Crippen molar-refractivity contribution in [3.8, 4) is 0 Å². The van der Waals surface area contributed by atoms with Crippen LogP contribution >= 0.6 is 15.9 Å². The number of fused-ring (bicyclic) bond motifs is 1. The third-order valence-electron chi connectivity index (χ3n) is 3.67. The lowest BCUT2D eigenvalue weighted by molar-refractivity contribution is 0.411. The van der Waals surface area contributed by atoms with Crippen LogP contribution in [0.25, 0.3) is 0 Å². The van der Waals surface area contributed by atoms with Crippen molar-refractivity contribution >= 4 is 15.9 Å². The molecule has 1 aliphatic carbocycles. The number of rotatable bonds is 2. The maximum Gasteiger partial charge on any atom is 0.108 e. The zero-order chi connectivity index (χ0) is 12.5. The Morgan fingerprint density at radius 3 is 2.83 bits per heavy atom. The summed E-state index contributed by atoms with van der Waals surface area (Å²) in [6.45, 7) is 2.32. The first kappa shape index (κ1) is 12.0. The molecule has 0 amide bonds. The highest BCUT2D eigenvalue weighted by atomic mass is 79.9. The predicted octanol–water partition coefficient (Wildman–Crippen LogP) is 4.76. The molecule has 1 heterocycles. The Balaban J connectivity index is 1.79. The van der Waals surface area contributed by atoms with E-state index in [0.717, 1.165) is 29.0 Å². The highest BCUT2D eigenvalue weighted by molar-refractivity contribution is 9.10. The third-order valence-corrected chi connectivity index (χ3v) is 4.20. The van der Waals surface area contributed by atoms with Crippen LogP contribution in [-0.2, 0) is 19.3 Å². The van der Waals surface area contributed by atoms with Gasteiger partial charge in [-0.15, -0.1) is 0 Å². The molecule has 1 unspecified atom stereocenters. The van der Waals surface area contributed by atoms with Crippen LogP contribution < -0.4 is 0 Å². The highest BCUT2D eigenvalue weighted by Crippen LogP contribution is 2.29. The van der Waals surface area contributed by atoms with Gasteiger partial charge in [0.2, 0.25) is 0 Å². The summed E-state index contributed by atoms with van der Waals surface area (Å²) in [5.41, 5.74) is 2.73. The molecule has 1 atom stereocenters. The lowest BCUT2D eigenvalue weighted by Crippen LogP contribution is -2.08. The number of hydrogen-bond acceptors (Lipinski definition) is 1. The Bertz CT molecular complexity index is 539. The molecule has 3 rings (SSSR count). The van der Waals surface area contributed by atoms with Crippen molar-refractivity contribution in [2.24, 2.45) is 5.92 Å². The lowest BCUT2D eigenvalue weighted by Gasteiger charge is -2.15. The normalized spacial score (nSPS) is 18.7. The van der Waals surface area contributed by atoms with Crippen molar-refractivity contribution in [3.05, 3.63) is 57.5 Å². The number of benzene rings is 1. The Hall–Kier alpha value is -1.02. The van der Waals surface area contributed by atoms with E-state index in [0.29, 0.717) is 0 Å². The molecular formula is C16H17BrO. The molecule has 1 nitrogen and oxygen atoms in total. The van der Waals surface area contributed by atoms with Crippen LogP contribution in [-0.4, -0.2) is 0 Å². The maximum absolute atomic E-state index is 5.98. The molecule has 94 valence electrons. The average molecular weight is 305 g/mol. The molecule has 1 aromatic heterocycles. The van der Waals surface area contributed by atoms with E-state index in [1.54, 1.807) is 0 Å². The second-order valence-electron chi connectivity index (χ2n) is 5.31. The van der Waals surface area contributed by atoms with E-state index in [9.17, 15) is 0 Å². The first-order valence-corrected chi connectivity index (χ1v) is 7.35. The summed E-state index contributed by atoms with van der Waals surface area (Å²) < 4.78 is 7.10. The van der Waals surface area contributed by atoms with Crippen LogP contribution in [0, 0.1) is 5.92 Å². The quantitative estimate of drug-likeness (QED) is 0.780. The monoisotopic (exact) mass is 304 g/mol. The van der Waals surface area contributed by atoms with E-state index in [2.05, 4.69) is 53.2 Å². The first-order valence-electron chi connectivity index (χ1n) is 6.55. The average Bonchev–Trinajstić information content (AvgIpc) is 2.73. The van der Waals surface area contributed by atoms with Gasteiger partial charge in [-0.25, -0.2) is 0 Å². The molecule has 0 fully saturated rings. The SMILES string of the molecule is CC1CCc2oc(Cc3ccc(Br)cc3)cc2C1. The predicted molar refractivity (Wildman–Crippen MR) is 76.8 cm³/mol. The van der Waals surface area contributed by atoms with Crippen molar-refractivity contribution in [2.45, 2.75) is 32.6 Å². The van der Waals surface area contributed by atoms with Gasteiger partial charge in [-0.1, -0.05) is 35.0 Å². The van der Waals surface area contributed by atoms with Crippen LogP contribution in [0.1, 0.15) is 36.0 Å². The summed E-state index contributed by atoms with van der Waals surface area (Å²) in [6.07, 6.45) is 4.45. The van der Waals surface area contributed by atoms with Gasteiger partial charge in [0.1, 0.15) is 11.5 Å². The second kappa shape index (κ2) is 4.93. The smallest absolute Gasteiger partial charge is 0.108 e. The van der Waals surface area contributed by atoms with E-state index in [-0.39, 0.29) is 0 Å². The van der Waals surface area contributed by atoms with Gasteiger partial charge < -0.3 is 4.42 Å². The number of halogens is 1. The Labute approximate surface area is 116 Å². The second-order valence-corrected chi connectivity index (χ2v) is 6.23. The molecule has 0 bridgehead atoms. The summed E-state index contributed by atoms with van der Waals surface area (Å²) in [4.78, 5) is 0. The van der Waals surface area contributed by atoms with Crippen LogP contribution in [0.5, 0.6) is 0 Å². The fourth-order valence-electron chi connectivity index (χ4n) is 2.66. The van der Waals surface area contributed by atoms with E-state index >= 15 is 0 Å². The summed E-state index contributed by atoms with van der Waals surface area (Å²) in [5.74, 6) is 3.13. The Morgan fingerprint density at radius 2 is 2.06 bits per heavy atom. The minimum absolute atomic E-state index is 0.802. The van der Waals surface area contributed by atoms with Gasteiger partial charge >= 0.3 is 0 Å². The number of aryl methyl sites for hydroxylation is 1. The van der Waals surface area contributed by atoms with Crippen molar-refractivity contribution in [3.63, 3.8) is 0 Å².